The zero-order valence-corrected chi connectivity index (χ0v) is 11.2. The minimum absolute atomic E-state index is 0.0861. The summed E-state index contributed by atoms with van der Waals surface area (Å²) in [5.74, 6) is 0. The van der Waals surface area contributed by atoms with Crippen LogP contribution in [0.5, 0.6) is 0 Å². The lowest BCUT2D eigenvalue weighted by molar-refractivity contribution is -0.384. The molecule has 0 saturated heterocycles. The largest absolute Gasteiger partial charge is 0.388 e. The molecular formula is C12H17ClN2O3. The zero-order chi connectivity index (χ0) is 13.8. The number of anilines is 1. The summed E-state index contributed by atoms with van der Waals surface area (Å²) in [5, 5.41) is 24.2. The van der Waals surface area contributed by atoms with Gasteiger partial charge in [0, 0.05) is 17.6 Å². The van der Waals surface area contributed by atoms with Gasteiger partial charge in [0.05, 0.1) is 10.5 Å². The summed E-state index contributed by atoms with van der Waals surface area (Å²) in [6.45, 7) is 4.02. The molecule has 0 fully saturated rings. The minimum Gasteiger partial charge on any atom is -0.388 e. The Hall–Kier alpha value is -1.33. The molecule has 2 N–H and O–H groups in total. The van der Waals surface area contributed by atoms with Crippen molar-refractivity contribution in [3.8, 4) is 0 Å². The third kappa shape index (κ3) is 3.58. The molecular weight excluding hydrogens is 256 g/mol. The molecule has 1 rings (SSSR count). The third-order valence-corrected chi connectivity index (χ3v) is 3.32. The molecule has 0 aliphatic rings. The Morgan fingerprint density at radius 2 is 2.06 bits per heavy atom. The van der Waals surface area contributed by atoms with E-state index >= 15 is 0 Å². The molecule has 0 bridgehead atoms. The molecule has 0 unspecified atom stereocenters. The van der Waals surface area contributed by atoms with E-state index in [-0.39, 0.29) is 12.2 Å². The topological polar surface area (TPSA) is 75.4 Å². The predicted octanol–water partition coefficient (Wildman–Crippen LogP) is 3.21. The second-order valence-corrected chi connectivity index (χ2v) is 4.64. The first kappa shape index (κ1) is 14.7. The van der Waals surface area contributed by atoms with Gasteiger partial charge in [-0.3, -0.25) is 10.1 Å². The van der Waals surface area contributed by atoms with Crippen LogP contribution in [0.4, 0.5) is 11.4 Å². The SMILES string of the molecule is CCC(O)(CC)CNc1ccc(Cl)cc1[N+](=O)[O-]. The van der Waals surface area contributed by atoms with Crippen LogP contribution in [0.25, 0.3) is 0 Å². The van der Waals surface area contributed by atoms with Crippen LogP contribution in [-0.2, 0) is 0 Å². The van der Waals surface area contributed by atoms with Crippen molar-refractivity contribution in [3.05, 3.63) is 33.3 Å². The van der Waals surface area contributed by atoms with Gasteiger partial charge in [0.15, 0.2) is 0 Å². The lowest BCUT2D eigenvalue weighted by atomic mass is 9.97. The van der Waals surface area contributed by atoms with Crippen LogP contribution < -0.4 is 5.32 Å². The Balaban J connectivity index is 2.88. The van der Waals surface area contributed by atoms with E-state index in [0.29, 0.717) is 23.6 Å². The van der Waals surface area contributed by atoms with E-state index in [1.165, 1.54) is 6.07 Å². The summed E-state index contributed by atoms with van der Waals surface area (Å²) in [6.07, 6.45) is 1.16. The van der Waals surface area contributed by atoms with Crippen molar-refractivity contribution in [2.75, 3.05) is 11.9 Å². The first-order valence-corrected chi connectivity index (χ1v) is 6.20. The van der Waals surface area contributed by atoms with Crippen LogP contribution in [0.15, 0.2) is 18.2 Å². The third-order valence-electron chi connectivity index (χ3n) is 3.08. The number of nitrogens with zero attached hydrogens (tertiary/aromatic N) is 1. The lowest BCUT2D eigenvalue weighted by Gasteiger charge is -2.25. The summed E-state index contributed by atoms with van der Waals surface area (Å²) in [4.78, 5) is 10.4. The van der Waals surface area contributed by atoms with E-state index in [1.807, 2.05) is 13.8 Å². The summed E-state index contributed by atoms with van der Waals surface area (Å²) in [5.41, 5.74) is -0.574. The molecule has 100 valence electrons. The van der Waals surface area contributed by atoms with Crippen LogP contribution in [0, 0.1) is 10.1 Å². The van der Waals surface area contributed by atoms with Crippen molar-refractivity contribution in [2.24, 2.45) is 0 Å². The van der Waals surface area contributed by atoms with E-state index in [2.05, 4.69) is 5.32 Å². The van der Waals surface area contributed by atoms with Gasteiger partial charge >= 0.3 is 0 Å². The number of aliphatic hydroxyl groups is 1. The number of nitrogens with one attached hydrogen (secondary N) is 1. The monoisotopic (exact) mass is 272 g/mol. The number of rotatable bonds is 6. The fraction of sp³-hybridized carbons (Fsp3) is 0.500. The van der Waals surface area contributed by atoms with Gasteiger partial charge < -0.3 is 10.4 Å². The first-order valence-electron chi connectivity index (χ1n) is 5.82. The zero-order valence-electron chi connectivity index (χ0n) is 10.4. The number of nitro groups is 1. The molecule has 0 aromatic heterocycles. The van der Waals surface area contributed by atoms with E-state index in [4.69, 9.17) is 11.6 Å². The van der Waals surface area contributed by atoms with Crippen LogP contribution in [0.3, 0.4) is 0 Å². The molecule has 0 heterocycles. The van der Waals surface area contributed by atoms with Crippen LogP contribution in [0.2, 0.25) is 5.02 Å². The summed E-state index contributed by atoms with van der Waals surface area (Å²) < 4.78 is 0. The normalized spacial score (nSPS) is 11.3. The fourth-order valence-corrected chi connectivity index (χ4v) is 1.73. The second kappa shape index (κ2) is 6.02. The maximum atomic E-state index is 10.9. The molecule has 18 heavy (non-hydrogen) atoms. The number of benzene rings is 1. The molecule has 1 aromatic carbocycles. The lowest BCUT2D eigenvalue weighted by Crippen LogP contribution is -2.35. The van der Waals surface area contributed by atoms with E-state index in [1.54, 1.807) is 12.1 Å². The highest BCUT2D eigenvalue weighted by atomic mass is 35.5. The molecule has 1 aromatic rings. The average molecular weight is 273 g/mol. The van der Waals surface area contributed by atoms with E-state index < -0.39 is 10.5 Å². The Morgan fingerprint density at radius 3 is 2.56 bits per heavy atom. The highest BCUT2D eigenvalue weighted by molar-refractivity contribution is 6.30. The van der Waals surface area contributed by atoms with Gasteiger partial charge in [-0.2, -0.15) is 0 Å². The molecule has 6 heteroatoms. The number of nitro benzene ring substituents is 1. The summed E-state index contributed by atoms with van der Waals surface area (Å²) in [6, 6.07) is 4.42. The molecule has 5 nitrogen and oxygen atoms in total. The smallest absolute Gasteiger partial charge is 0.293 e. The first-order chi connectivity index (χ1) is 8.41. The van der Waals surface area contributed by atoms with Crippen LogP contribution >= 0.6 is 11.6 Å². The molecule has 0 radical (unpaired) electrons. The summed E-state index contributed by atoms with van der Waals surface area (Å²) in [7, 11) is 0. The van der Waals surface area contributed by atoms with Crippen molar-refractivity contribution in [2.45, 2.75) is 32.3 Å². The van der Waals surface area contributed by atoms with Crippen molar-refractivity contribution < 1.29 is 10.0 Å². The maximum Gasteiger partial charge on any atom is 0.293 e. The Labute approximate surface area is 111 Å². The van der Waals surface area contributed by atoms with Gasteiger partial charge in [-0.05, 0) is 25.0 Å². The van der Waals surface area contributed by atoms with E-state index in [0.717, 1.165) is 0 Å². The highest BCUT2D eigenvalue weighted by Gasteiger charge is 2.23. The summed E-state index contributed by atoms with van der Waals surface area (Å²) >= 11 is 5.72. The van der Waals surface area contributed by atoms with Gasteiger partial charge in [-0.25, -0.2) is 0 Å². The number of hydrogen-bond acceptors (Lipinski definition) is 4. The molecule has 0 atom stereocenters. The second-order valence-electron chi connectivity index (χ2n) is 4.20. The molecule has 0 spiro atoms. The Bertz CT molecular complexity index is 433. The molecule has 0 aliphatic carbocycles. The van der Waals surface area contributed by atoms with Crippen LogP contribution in [0.1, 0.15) is 26.7 Å². The van der Waals surface area contributed by atoms with Crippen molar-refractivity contribution in [1.82, 2.24) is 0 Å². The molecule has 0 saturated carbocycles. The Kier molecular flexibility index (Phi) is 4.93. The predicted molar refractivity (Wildman–Crippen MR) is 72.1 cm³/mol. The van der Waals surface area contributed by atoms with Crippen molar-refractivity contribution in [1.29, 1.82) is 0 Å². The van der Waals surface area contributed by atoms with Gasteiger partial charge in [0.25, 0.3) is 5.69 Å². The van der Waals surface area contributed by atoms with Gasteiger partial charge in [-0.15, -0.1) is 0 Å². The fourth-order valence-electron chi connectivity index (χ4n) is 1.57. The quantitative estimate of drug-likeness (QED) is 0.616. The minimum atomic E-state index is -0.854. The van der Waals surface area contributed by atoms with Crippen molar-refractivity contribution >= 4 is 23.0 Å². The van der Waals surface area contributed by atoms with Crippen molar-refractivity contribution in [3.63, 3.8) is 0 Å². The maximum absolute atomic E-state index is 10.9. The Morgan fingerprint density at radius 1 is 1.44 bits per heavy atom. The molecule has 0 aliphatic heterocycles. The highest BCUT2D eigenvalue weighted by Crippen LogP contribution is 2.28. The van der Waals surface area contributed by atoms with Gasteiger partial charge in [-0.1, -0.05) is 25.4 Å². The van der Waals surface area contributed by atoms with E-state index in [9.17, 15) is 15.2 Å². The van der Waals surface area contributed by atoms with Crippen LogP contribution in [-0.4, -0.2) is 22.2 Å². The average Bonchev–Trinajstić information content (AvgIpc) is 2.36. The number of halogens is 1. The number of hydrogen-bond donors (Lipinski definition) is 2. The van der Waals surface area contributed by atoms with Gasteiger partial charge in [0.2, 0.25) is 0 Å². The standard InChI is InChI=1S/C12H17ClN2O3/c1-3-12(16,4-2)8-14-10-6-5-9(13)7-11(10)15(17)18/h5-7,14,16H,3-4,8H2,1-2H3. The molecule has 0 amide bonds. The van der Waals surface area contributed by atoms with Gasteiger partial charge in [0.1, 0.15) is 5.69 Å².